The van der Waals surface area contributed by atoms with Gasteiger partial charge in [-0.15, -0.1) is 0 Å². The van der Waals surface area contributed by atoms with Crippen LogP contribution in [-0.2, 0) is 0 Å². The molecule has 4 heteroatoms. The van der Waals surface area contributed by atoms with E-state index in [0.29, 0.717) is 16.8 Å². The summed E-state index contributed by atoms with van der Waals surface area (Å²) in [6.45, 7) is 8.01. The summed E-state index contributed by atoms with van der Waals surface area (Å²) in [4.78, 5) is 18.4. The fourth-order valence-electron chi connectivity index (χ4n) is 2.32. The summed E-state index contributed by atoms with van der Waals surface area (Å²) < 4.78 is 0. The maximum atomic E-state index is 12.4. The van der Waals surface area contributed by atoms with Gasteiger partial charge in [0.15, 0.2) is 0 Å². The van der Waals surface area contributed by atoms with Crippen molar-refractivity contribution in [1.29, 1.82) is 0 Å². The van der Waals surface area contributed by atoms with Crippen LogP contribution in [0.4, 0.5) is 5.82 Å². The molecule has 1 saturated heterocycles. The standard InChI is InChI=1S/C14H21N3O/c1-10-8-11(9-12(15)16-10)13(18)17-6-4-14(2,3)5-7-17/h8-9H,4-7H2,1-3H3,(H2,15,16). The van der Waals surface area contributed by atoms with Crippen LogP contribution in [0.1, 0.15) is 42.7 Å². The fourth-order valence-corrected chi connectivity index (χ4v) is 2.32. The first-order chi connectivity index (χ1) is 8.37. The molecule has 0 aliphatic carbocycles. The minimum atomic E-state index is 0.0719. The van der Waals surface area contributed by atoms with E-state index in [9.17, 15) is 4.79 Å². The van der Waals surface area contributed by atoms with Crippen molar-refractivity contribution in [3.8, 4) is 0 Å². The van der Waals surface area contributed by atoms with Gasteiger partial charge in [0.2, 0.25) is 0 Å². The zero-order chi connectivity index (χ0) is 13.3. The first-order valence-corrected chi connectivity index (χ1v) is 6.41. The third kappa shape index (κ3) is 2.81. The predicted octanol–water partition coefficient (Wildman–Crippen LogP) is 2.23. The van der Waals surface area contributed by atoms with Crippen LogP contribution >= 0.6 is 0 Å². The van der Waals surface area contributed by atoms with Crippen molar-refractivity contribution in [3.63, 3.8) is 0 Å². The highest BCUT2D eigenvalue weighted by Crippen LogP contribution is 2.30. The highest BCUT2D eigenvalue weighted by atomic mass is 16.2. The summed E-state index contributed by atoms with van der Waals surface area (Å²) in [5.74, 6) is 0.485. The number of likely N-dealkylation sites (tertiary alicyclic amines) is 1. The van der Waals surface area contributed by atoms with Gasteiger partial charge in [-0.1, -0.05) is 13.8 Å². The van der Waals surface area contributed by atoms with Crippen LogP contribution in [0.5, 0.6) is 0 Å². The monoisotopic (exact) mass is 247 g/mol. The molecule has 0 aromatic carbocycles. The summed E-state index contributed by atoms with van der Waals surface area (Å²) in [6.07, 6.45) is 2.11. The maximum Gasteiger partial charge on any atom is 0.254 e. The Morgan fingerprint density at radius 2 is 1.94 bits per heavy atom. The quantitative estimate of drug-likeness (QED) is 0.828. The molecule has 1 amide bonds. The first kappa shape index (κ1) is 12.9. The molecule has 1 aliphatic rings. The smallest absolute Gasteiger partial charge is 0.254 e. The Balaban J connectivity index is 2.12. The van der Waals surface area contributed by atoms with E-state index >= 15 is 0 Å². The molecule has 4 nitrogen and oxygen atoms in total. The summed E-state index contributed by atoms with van der Waals surface area (Å²) in [5.41, 5.74) is 7.48. The Bertz CT molecular complexity index is 438. The van der Waals surface area contributed by atoms with Crippen molar-refractivity contribution in [3.05, 3.63) is 23.4 Å². The molecular formula is C14H21N3O. The second kappa shape index (κ2) is 4.59. The van der Waals surface area contributed by atoms with Crippen LogP contribution in [0.15, 0.2) is 12.1 Å². The lowest BCUT2D eigenvalue weighted by Crippen LogP contribution is -2.41. The Morgan fingerprint density at radius 3 is 2.50 bits per heavy atom. The van der Waals surface area contributed by atoms with Crippen molar-refractivity contribution in [2.45, 2.75) is 33.6 Å². The SMILES string of the molecule is Cc1cc(C(=O)N2CCC(C)(C)CC2)cc(N)n1. The van der Waals surface area contributed by atoms with E-state index < -0.39 is 0 Å². The Morgan fingerprint density at radius 1 is 1.33 bits per heavy atom. The summed E-state index contributed by atoms with van der Waals surface area (Å²) in [5, 5.41) is 0. The van der Waals surface area contributed by atoms with Crippen molar-refractivity contribution in [2.75, 3.05) is 18.8 Å². The Kier molecular flexibility index (Phi) is 3.28. The van der Waals surface area contributed by atoms with Gasteiger partial charge in [0, 0.05) is 24.3 Å². The molecule has 1 aromatic heterocycles. The maximum absolute atomic E-state index is 12.4. The number of nitrogens with two attached hydrogens (primary N) is 1. The number of aromatic nitrogens is 1. The zero-order valence-electron chi connectivity index (χ0n) is 11.4. The predicted molar refractivity (Wildman–Crippen MR) is 72.3 cm³/mol. The van der Waals surface area contributed by atoms with Crippen molar-refractivity contribution < 1.29 is 4.79 Å². The Labute approximate surface area is 108 Å². The number of carbonyl (C=O) groups is 1. The van der Waals surface area contributed by atoms with Crippen molar-refractivity contribution >= 4 is 11.7 Å². The highest BCUT2D eigenvalue weighted by Gasteiger charge is 2.28. The molecule has 18 heavy (non-hydrogen) atoms. The van der Waals surface area contributed by atoms with E-state index in [4.69, 9.17) is 5.73 Å². The first-order valence-electron chi connectivity index (χ1n) is 6.41. The summed E-state index contributed by atoms with van der Waals surface area (Å²) >= 11 is 0. The van der Waals surface area contributed by atoms with Crippen LogP contribution in [-0.4, -0.2) is 28.9 Å². The molecule has 0 bridgehead atoms. The molecule has 0 unspecified atom stereocenters. The number of hydrogen-bond acceptors (Lipinski definition) is 3. The number of amides is 1. The normalized spacial score (nSPS) is 18.7. The molecular weight excluding hydrogens is 226 g/mol. The summed E-state index contributed by atoms with van der Waals surface area (Å²) in [7, 11) is 0. The van der Waals surface area contributed by atoms with Crippen molar-refractivity contribution in [1.82, 2.24) is 9.88 Å². The molecule has 0 saturated carbocycles. The van der Waals surface area contributed by atoms with Gasteiger partial charge in [0.1, 0.15) is 5.82 Å². The minimum absolute atomic E-state index is 0.0719. The lowest BCUT2D eigenvalue weighted by molar-refractivity contribution is 0.0630. The van der Waals surface area contributed by atoms with Crippen LogP contribution < -0.4 is 5.73 Å². The molecule has 1 aliphatic heterocycles. The van der Waals surface area contributed by atoms with Gasteiger partial charge >= 0.3 is 0 Å². The Hall–Kier alpha value is -1.58. The summed E-state index contributed by atoms with van der Waals surface area (Å²) in [6, 6.07) is 3.47. The lowest BCUT2D eigenvalue weighted by atomic mass is 9.82. The number of nitrogen functional groups attached to an aromatic ring is 1. The van der Waals surface area contributed by atoms with E-state index in [1.54, 1.807) is 12.1 Å². The van der Waals surface area contributed by atoms with Gasteiger partial charge in [-0.3, -0.25) is 4.79 Å². The third-order valence-corrected chi connectivity index (χ3v) is 3.62. The average Bonchev–Trinajstić information content (AvgIpc) is 2.27. The second-order valence-electron chi connectivity index (χ2n) is 5.88. The number of nitrogens with zero attached hydrogens (tertiary/aromatic N) is 2. The fraction of sp³-hybridized carbons (Fsp3) is 0.571. The molecule has 0 spiro atoms. The van der Waals surface area contributed by atoms with E-state index in [1.165, 1.54) is 0 Å². The molecule has 2 N–H and O–H groups in total. The number of rotatable bonds is 1. The largest absolute Gasteiger partial charge is 0.384 e. The van der Waals surface area contributed by atoms with Gasteiger partial charge in [0.05, 0.1) is 0 Å². The van der Waals surface area contributed by atoms with Gasteiger partial charge in [-0.2, -0.15) is 0 Å². The van der Waals surface area contributed by atoms with Gasteiger partial charge in [-0.25, -0.2) is 4.98 Å². The number of piperidine rings is 1. The third-order valence-electron chi connectivity index (χ3n) is 3.62. The molecule has 0 radical (unpaired) electrons. The van der Waals surface area contributed by atoms with Crippen LogP contribution in [0.2, 0.25) is 0 Å². The molecule has 1 fully saturated rings. The number of carbonyl (C=O) groups excluding carboxylic acids is 1. The van der Waals surface area contributed by atoms with Crippen LogP contribution in [0.25, 0.3) is 0 Å². The van der Waals surface area contributed by atoms with Crippen LogP contribution in [0, 0.1) is 12.3 Å². The lowest BCUT2D eigenvalue weighted by Gasteiger charge is -2.37. The van der Waals surface area contributed by atoms with Crippen LogP contribution in [0.3, 0.4) is 0 Å². The topological polar surface area (TPSA) is 59.2 Å². The van der Waals surface area contributed by atoms with Gasteiger partial charge in [0.25, 0.3) is 5.91 Å². The molecule has 2 rings (SSSR count). The van der Waals surface area contributed by atoms with E-state index in [-0.39, 0.29) is 5.91 Å². The zero-order valence-corrected chi connectivity index (χ0v) is 11.4. The minimum Gasteiger partial charge on any atom is -0.384 e. The van der Waals surface area contributed by atoms with Gasteiger partial charge in [-0.05, 0) is 37.3 Å². The number of anilines is 1. The second-order valence-corrected chi connectivity index (χ2v) is 5.88. The van der Waals surface area contributed by atoms with E-state index in [1.807, 2.05) is 11.8 Å². The van der Waals surface area contributed by atoms with Gasteiger partial charge < -0.3 is 10.6 Å². The van der Waals surface area contributed by atoms with E-state index in [2.05, 4.69) is 18.8 Å². The highest BCUT2D eigenvalue weighted by molar-refractivity contribution is 5.95. The molecule has 0 atom stereocenters. The average molecular weight is 247 g/mol. The number of aryl methyl sites for hydroxylation is 1. The molecule has 2 heterocycles. The van der Waals surface area contributed by atoms with Crippen molar-refractivity contribution in [2.24, 2.45) is 5.41 Å². The van der Waals surface area contributed by atoms with E-state index in [0.717, 1.165) is 31.6 Å². The molecule has 98 valence electrons. The molecule has 1 aromatic rings. The number of hydrogen-bond donors (Lipinski definition) is 1. The number of pyridine rings is 1.